The van der Waals surface area contributed by atoms with Crippen LogP contribution < -0.4 is 10.6 Å². The fraction of sp³-hybridized carbons (Fsp3) is 0.375. The molecule has 2 amide bonds. The van der Waals surface area contributed by atoms with Crippen LogP contribution in [0.3, 0.4) is 0 Å². The van der Waals surface area contributed by atoms with Crippen LogP contribution in [0.25, 0.3) is 5.69 Å². The standard InChI is InChI=1S/C16H22N4O2/c1-11-9-12(2)20(19-11)15-6-4-5-14(10-15)18-16(22)17-8-7-13(3)21/h4-6,9-10,13,21H,7-8H2,1-3H3,(H2,17,18,22). The van der Waals surface area contributed by atoms with E-state index >= 15 is 0 Å². The molecule has 118 valence electrons. The SMILES string of the molecule is Cc1cc(C)n(-c2cccc(NC(=O)NCCC(C)O)c2)n1. The van der Waals surface area contributed by atoms with Crippen molar-refractivity contribution in [2.75, 3.05) is 11.9 Å². The molecule has 0 aliphatic carbocycles. The first-order valence-corrected chi connectivity index (χ1v) is 7.32. The van der Waals surface area contributed by atoms with Gasteiger partial charge < -0.3 is 15.7 Å². The average molecular weight is 302 g/mol. The van der Waals surface area contributed by atoms with Gasteiger partial charge in [-0.05, 0) is 51.5 Å². The summed E-state index contributed by atoms with van der Waals surface area (Å²) in [6.45, 7) is 6.06. The molecule has 0 saturated carbocycles. The van der Waals surface area contributed by atoms with Crippen molar-refractivity contribution in [1.82, 2.24) is 15.1 Å². The minimum atomic E-state index is -0.422. The molecule has 6 heteroatoms. The van der Waals surface area contributed by atoms with Gasteiger partial charge in [-0.25, -0.2) is 9.48 Å². The highest BCUT2D eigenvalue weighted by Gasteiger charge is 2.06. The van der Waals surface area contributed by atoms with Gasteiger partial charge in [-0.2, -0.15) is 5.10 Å². The van der Waals surface area contributed by atoms with Gasteiger partial charge in [0.1, 0.15) is 0 Å². The topological polar surface area (TPSA) is 79.2 Å². The van der Waals surface area contributed by atoms with Crippen molar-refractivity contribution in [2.45, 2.75) is 33.3 Å². The van der Waals surface area contributed by atoms with Crippen LogP contribution in [0.15, 0.2) is 30.3 Å². The molecule has 1 aromatic heterocycles. The molecule has 0 aliphatic rings. The Balaban J connectivity index is 2.03. The van der Waals surface area contributed by atoms with Gasteiger partial charge >= 0.3 is 6.03 Å². The largest absolute Gasteiger partial charge is 0.393 e. The summed E-state index contributed by atoms with van der Waals surface area (Å²) < 4.78 is 1.84. The lowest BCUT2D eigenvalue weighted by atomic mass is 10.2. The molecule has 1 aromatic carbocycles. The van der Waals surface area contributed by atoms with Gasteiger partial charge in [0, 0.05) is 17.9 Å². The normalized spacial score (nSPS) is 12.0. The average Bonchev–Trinajstić information content (AvgIpc) is 2.77. The molecule has 2 rings (SSSR count). The van der Waals surface area contributed by atoms with E-state index in [0.29, 0.717) is 18.7 Å². The molecule has 1 heterocycles. The Morgan fingerprint density at radius 3 is 2.77 bits per heavy atom. The molecule has 0 bridgehead atoms. The molecule has 1 atom stereocenters. The van der Waals surface area contributed by atoms with Gasteiger partial charge in [0.25, 0.3) is 0 Å². The van der Waals surface area contributed by atoms with Gasteiger partial charge in [-0.15, -0.1) is 0 Å². The Labute approximate surface area is 130 Å². The van der Waals surface area contributed by atoms with E-state index in [2.05, 4.69) is 15.7 Å². The van der Waals surface area contributed by atoms with Crippen LogP contribution in [-0.2, 0) is 0 Å². The minimum Gasteiger partial charge on any atom is -0.393 e. The summed E-state index contributed by atoms with van der Waals surface area (Å²) in [7, 11) is 0. The number of carbonyl (C=O) groups is 1. The molecule has 0 radical (unpaired) electrons. The fourth-order valence-corrected chi connectivity index (χ4v) is 2.18. The second kappa shape index (κ2) is 7.09. The number of hydrogen-bond donors (Lipinski definition) is 3. The first-order chi connectivity index (χ1) is 10.5. The monoisotopic (exact) mass is 302 g/mol. The second-order valence-corrected chi connectivity index (χ2v) is 5.41. The molecule has 1 unspecified atom stereocenters. The molecular weight excluding hydrogens is 280 g/mol. The van der Waals surface area contributed by atoms with Gasteiger partial charge in [0.2, 0.25) is 0 Å². The fourth-order valence-electron chi connectivity index (χ4n) is 2.18. The van der Waals surface area contributed by atoms with Crippen LogP contribution in [-0.4, -0.2) is 33.6 Å². The number of nitrogens with one attached hydrogen (secondary N) is 2. The van der Waals surface area contributed by atoms with Crippen LogP contribution in [0, 0.1) is 13.8 Å². The number of aliphatic hydroxyl groups is 1. The molecule has 22 heavy (non-hydrogen) atoms. The lowest BCUT2D eigenvalue weighted by Crippen LogP contribution is -2.30. The van der Waals surface area contributed by atoms with Crippen molar-refractivity contribution in [3.63, 3.8) is 0 Å². The van der Waals surface area contributed by atoms with E-state index < -0.39 is 6.10 Å². The van der Waals surface area contributed by atoms with E-state index in [-0.39, 0.29) is 6.03 Å². The molecule has 0 fully saturated rings. The first-order valence-electron chi connectivity index (χ1n) is 7.32. The number of benzene rings is 1. The minimum absolute atomic E-state index is 0.286. The summed E-state index contributed by atoms with van der Waals surface area (Å²) in [5.41, 5.74) is 3.58. The number of urea groups is 1. The van der Waals surface area contributed by atoms with Crippen molar-refractivity contribution in [3.05, 3.63) is 41.7 Å². The number of anilines is 1. The number of hydrogen-bond acceptors (Lipinski definition) is 3. The van der Waals surface area contributed by atoms with E-state index in [1.165, 1.54) is 0 Å². The van der Waals surface area contributed by atoms with Gasteiger partial charge in [-0.3, -0.25) is 0 Å². The summed E-state index contributed by atoms with van der Waals surface area (Å²) in [5.74, 6) is 0. The number of aliphatic hydroxyl groups excluding tert-OH is 1. The van der Waals surface area contributed by atoms with E-state index in [4.69, 9.17) is 5.11 Å². The lowest BCUT2D eigenvalue weighted by Gasteiger charge is -2.10. The second-order valence-electron chi connectivity index (χ2n) is 5.41. The van der Waals surface area contributed by atoms with Gasteiger partial charge in [-0.1, -0.05) is 6.07 Å². The molecule has 6 nitrogen and oxygen atoms in total. The number of nitrogens with zero attached hydrogens (tertiary/aromatic N) is 2. The Hall–Kier alpha value is -2.34. The van der Waals surface area contributed by atoms with Crippen LogP contribution in [0.5, 0.6) is 0 Å². The van der Waals surface area contributed by atoms with Crippen molar-refractivity contribution < 1.29 is 9.90 Å². The first kappa shape index (κ1) is 16.0. The Bertz CT molecular complexity index is 649. The van der Waals surface area contributed by atoms with Gasteiger partial charge in [0.15, 0.2) is 0 Å². The zero-order chi connectivity index (χ0) is 16.1. The van der Waals surface area contributed by atoms with E-state index in [0.717, 1.165) is 17.1 Å². The number of amides is 2. The number of carbonyl (C=O) groups excluding carboxylic acids is 1. The summed E-state index contributed by atoms with van der Waals surface area (Å²) in [5, 5.41) is 19.1. The molecule has 3 N–H and O–H groups in total. The van der Waals surface area contributed by atoms with Crippen molar-refractivity contribution in [3.8, 4) is 5.69 Å². The molecular formula is C16H22N4O2. The maximum atomic E-state index is 11.8. The van der Waals surface area contributed by atoms with Crippen LogP contribution in [0.4, 0.5) is 10.5 Å². The smallest absolute Gasteiger partial charge is 0.319 e. The summed E-state index contributed by atoms with van der Waals surface area (Å²) >= 11 is 0. The van der Waals surface area contributed by atoms with E-state index in [1.807, 2.05) is 48.9 Å². The van der Waals surface area contributed by atoms with Gasteiger partial charge in [0.05, 0.1) is 17.5 Å². The highest BCUT2D eigenvalue weighted by molar-refractivity contribution is 5.89. The number of rotatable bonds is 5. The molecule has 2 aromatic rings. The quantitative estimate of drug-likeness (QED) is 0.793. The summed E-state index contributed by atoms with van der Waals surface area (Å²) in [4.78, 5) is 11.8. The molecule has 0 spiro atoms. The summed E-state index contributed by atoms with van der Waals surface area (Å²) in [6.07, 6.45) is 0.105. The Morgan fingerprint density at radius 1 is 1.36 bits per heavy atom. The Morgan fingerprint density at radius 2 is 2.14 bits per heavy atom. The van der Waals surface area contributed by atoms with Crippen LogP contribution in [0.2, 0.25) is 0 Å². The van der Waals surface area contributed by atoms with Crippen LogP contribution >= 0.6 is 0 Å². The van der Waals surface area contributed by atoms with Crippen LogP contribution in [0.1, 0.15) is 24.7 Å². The number of aryl methyl sites for hydroxylation is 2. The predicted molar refractivity (Wildman–Crippen MR) is 86.4 cm³/mol. The van der Waals surface area contributed by atoms with Crippen molar-refractivity contribution >= 4 is 11.7 Å². The zero-order valence-corrected chi connectivity index (χ0v) is 13.1. The lowest BCUT2D eigenvalue weighted by molar-refractivity contribution is 0.184. The maximum Gasteiger partial charge on any atom is 0.319 e. The van der Waals surface area contributed by atoms with Crippen molar-refractivity contribution in [1.29, 1.82) is 0 Å². The number of aromatic nitrogens is 2. The zero-order valence-electron chi connectivity index (χ0n) is 13.1. The molecule has 0 saturated heterocycles. The van der Waals surface area contributed by atoms with E-state index in [1.54, 1.807) is 6.92 Å². The summed E-state index contributed by atoms with van der Waals surface area (Å²) in [6, 6.07) is 9.22. The molecule has 0 aliphatic heterocycles. The highest BCUT2D eigenvalue weighted by Crippen LogP contribution is 2.16. The third-order valence-electron chi connectivity index (χ3n) is 3.21. The predicted octanol–water partition coefficient (Wildman–Crippen LogP) is 2.38. The Kier molecular flexibility index (Phi) is 5.16. The maximum absolute atomic E-state index is 11.8. The third-order valence-corrected chi connectivity index (χ3v) is 3.21. The van der Waals surface area contributed by atoms with Crippen molar-refractivity contribution in [2.24, 2.45) is 0 Å². The third kappa shape index (κ3) is 4.33. The van der Waals surface area contributed by atoms with E-state index in [9.17, 15) is 4.79 Å². The highest BCUT2D eigenvalue weighted by atomic mass is 16.3.